The maximum atomic E-state index is 11.0. The molecule has 1 rings (SSSR count). The summed E-state index contributed by atoms with van der Waals surface area (Å²) < 4.78 is 22.0. The fourth-order valence-corrected chi connectivity index (χ4v) is 2.90. The van der Waals surface area contributed by atoms with E-state index in [4.69, 9.17) is 0 Å². The monoisotopic (exact) mass is 219 g/mol. The van der Waals surface area contributed by atoms with Crippen molar-refractivity contribution in [3.05, 3.63) is 0 Å². The highest BCUT2D eigenvalue weighted by atomic mass is 32.2. The van der Waals surface area contributed by atoms with Gasteiger partial charge >= 0.3 is 0 Å². The Morgan fingerprint density at radius 1 is 1.43 bits per heavy atom. The standard InChI is InChI=1S/C10H21NO2S/c1-3-10(6-4-8-11-10)7-5-9-14(2,12)13/h11H,3-9H2,1-2H3. The van der Waals surface area contributed by atoms with E-state index in [0.29, 0.717) is 5.75 Å². The van der Waals surface area contributed by atoms with Crippen LogP contribution in [0.4, 0.5) is 0 Å². The number of nitrogens with one attached hydrogen (secondary N) is 1. The van der Waals surface area contributed by atoms with Gasteiger partial charge in [-0.15, -0.1) is 0 Å². The number of hydrogen-bond acceptors (Lipinski definition) is 3. The van der Waals surface area contributed by atoms with Crippen molar-refractivity contribution in [2.75, 3.05) is 18.6 Å². The topological polar surface area (TPSA) is 46.2 Å². The SMILES string of the molecule is CCC1(CCCS(C)(=O)=O)CCCN1. The lowest BCUT2D eigenvalue weighted by molar-refractivity contribution is 0.333. The molecule has 3 nitrogen and oxygen atoms in total. The highest BCUT2D eigenvalue weighted by Crippen LogP contribution is 2.27. The van der Waals surface area contributed by atoms with Crippen LogP contribution in [0.3, 0.4) is 0 Å². The normalized spacial score (nSPS) is 28.1. The molecule has 1 N–H and O–H groups in total. The summed E-state index contributed by atoms with van der Waals surface area (Å²) in [6.45, 7) is 3.27. The third kappa shape index (κ3) is 3.58. The van der Waals surface area contributed by atoms with Gasteiger partial charge in [0.25, 0.3) is 0 Å². The summed E-state index contributed by atoms with van der Waals surface area (Å²) >= 11 is 0. The van der Waals surface area contributed by atoms with Gasteiger partial charge in [-0.05, 0) is 38.6 Å². The van der Waals surface area contributed by atoms with Gasteiger partial charge in [0.1, 0.15) is 9.84 Å². The molecule has 1 atom stereocenters. The maximum Gasteiger partial charge on any atom is 0.147 e. The summed E-state index contributed by atoms with van der Waals surface area (Å²) in [5.41, 5.74) is 0.241. The van der Waals surface area contributed by atoms with E-state index in [0.717, 1.165) is 25.8 Å². The molecule has 0 radical (unpaired) electrons. The lowest BCUT2D eigenvalue weighted by Crippen LogP contribution is -2.39. The molecule has 84 valence electrons. The Balaban J connectivity index is 2.35. The molecular weight excluding hydrogens is 198 g/mol. The number of sulfone groups is 1. The highest BCUT2D eigenvalue weighted by Gasteiger charge is 2.30. The first-order valence-electron chi connectivity index (χ1n) is 5.40. The Kier molecular flexibility index (Phi) is 3.95. The third-order valence-corrected chi connectivity index (χ3v) is 4.21. The fourth-order valence-electron chi connectivity index (χ4n) is 2.23. The molecule has 4 heteroatoms. The summed E-state index contributed by atoms with van der Waals surface area (Å²) in [4.78, 5) is 0. The van der Waals surface area contributed by atoms with Crippen LogP contribution in [0.25, 0.3) is 0 Å². The quantitative estimate of drug-likeness (QED) is 0.759. The maximum absolute atomic E-state index is 11.0. The molecule has 0 aliphatic carbocycles. The van der Waals surface area contributed by atoms with Gasteiger partial charge in [-0.3, -0.25) is 0 Å². The van der Waals surface area contributed by atoms with Crippen molar-refractivity contribution < 1.29 is 8.42 Å². The molecule has 1 aliphatic heterocycles. The molecule has 0 bridgehead atoms. The smallest absolute Gasteiger partial charge is 0.147 e. The van der Waals surface area contributed by atoms with Crippen LogP contribution in [-0.2, 0) is 9.84 Å². The second kappa shape index (κ2) is 4.62. The average Bonchev–Trinajstić information content (AvgIpc) is 2.52. The van der Waals surface area contributed by atoms with E-state index in [-0.39, 0.29) is 5.54 Å². The van der Waals surface area contributed by atoms with Crippen molar-refractivity contribution >= 4 is 9.84 Å². The zero-order valence-corrected chi connectivity index (χ0v) is 9.99. The van der Waals surface area contributed by atoms with E-state index < -0.39 is 9.84 Å². The predicted molar refractivity (Wildman–Crippen MR) is 59.2 cm³/mol. The summed E-state index contributed by atoms with van der Waals surface area (Å²) in [5, 5.41) is 3.51. The van der Waals surface area contributed by atoms with Crippen LogP contribution in [0.15, 0.2) is 0 Å². The molecule has 0 saturated carbocycles. The van der Waals surface area contributed by atoms with E-state index >= 15 is 0 Å². The summed E-state index contributed by atoms with van der Waals surface area (Å²) in [6.07, 6.45) is 6.64. The molecule has 0 amide bonds. The van der Waals surface area contributed by atoms with Crippen molar-refractivity contribution in [1.29, 1.82) is 0 Å². The van der Waals surface area contributed by atoms with Crippen LogP contribution in [0, 0.1) is 0 Å². The van der Waals surface area contributed by atoms with E-state index in [1.807, 2.05) is 0 Å². The predicted octanol–water partition coefficient (Wildman–Crippen LogP) is 1.34. The van der Waals surface area contributed by atoms with E-state index in [9.17, 15) is 8.42 Å². The van der Waals surface area contributed by atoms with Crippen molar-refractivity contribution in [3.8, 4) is 0 Å². The zero-order chi connectivity index (χ0) is 10.7. The molecule has 1 saturated heterocycles. The van der Waals surface area contributed by atoms with Gasteiger partial charge in [0.15, 0.2) is 0 Å². The van der Waals surface area contributed by atoms with Gasteiger partial charge in [0, 0.05) is 17.5 Å². The molecule has 14 heavy (non-hydrogen) atoms. The minimum atomic E-state index is -2.78. The fraction of sp³-hybridized carbons (Fsp3) is 1.00. The Labute approximate surface area is 87.2 Å². The Morgan fingerprint density at radius 3 is 2.57 bits per heavy atom. The third-order valence-electron chi connectivity index (χ3n) is 3.18. The van der Waals surface area contributed by atoms with Gasteiger partial charge in [-0.1, -0.05) is 6.92 Å². The molecule has 0 spiro atoms. The second-order valence-electron chi connectivity index (χ2n) is 4.40. The molecule has 1 heterocycles. The Morgan fingerprint density at radius 2 is 2.14 bits per heavy atom. The van der Waals surface area contributed by atoms with Gasteiger partial charge in [-0.25, -0.2) is 8.42 Å². The first kappa shape index (κ1) is 12.0. The van der Waals surface area contributed by atoms with Crippen molar-refractivity contribution in [1.82, 2.24) is 5.32 Å². The molecular formula is C10H21NO2S. The summed E-state index contributed by atoms with van der Waals surface area (Å²) in [6, 6.07) is 0. The Hall–Kier alpha value is -0.0900. The molecule has 0 aromatic rings. The minimum Gasteiger partial charge on any atom is -0.311 e. The zero-order valence-electron chi connectivity index (χ0n) is 9.17. The van der Waals surface area contributed by atoms with Crippen LogP contribution >= 0.6 is 0 Å². The first-order chi connectivity index (χ1) is 6.47. The van der Waals surface area contributed by atoms with E-state index in [1.54, 1.807) is 0 Å². The number of rotatable bonds is 5. The van der Waals surface area contributed by atoms with Crippen molar-refractivity contribution in [3.63, 3.8) is 0 Å². The Bertz CT molecular complexity index is 266. The lowest BCUT2D eigenvalue weighted by atomic mass is 9.89. The van der Waals surface area contributed by atoms with E-state index in [2.05, 4.69) is 12.2 Å². The van der Waals surface area contributed by atoms with Crippen LogP contribution in [0.5, 0.6) is 0 Å². The molecule has 0 aromatic carbocycles. The van der Waals surface area contributed by atoms with Crippen LogP contribution in [0.1, 0.15) is 39.0 Å². The highest BCUT2D eigenvalue weighted by molar-refractivity contribution is 7.90. The minimum absolute atomic E-state index is 0.241. The molecule has 1 aliphatic rings. The second-order valence-corrected chi connectivity index (χ2v) is 6.66. The molecule has 1 fully saturated rings. The largest absolute Gasteiger partial charge is 0.311 e. The van der Waals surface area contributed by atoms with Gasteiger partial charge in [-0.2, -0.15) is 0 Å². The van der Waals surface area contributed by atoms with E-state index in [1.165, 1.54) is 19.1 Å². The summed E-state index contributed by atoms with van der Waals surface area (Å²) in [7, 11) is -2.78. The van der Waals surface area contributed by atoms with Crippen molar-refractivity contribution in [2.45, 2.75) is 44.6 Å². The van der Waals surface area contributed by atoms with Crippen LogP contribution in [0.2, 0.25) is 0 Å². The lowest BCUT2D eigenvalue weighted by Gasteiger charge is -2.28. The molecule has 0 aromatic heterocycles. The van der Waals surface area contributed by atoms with Gasteiger partial charge in [0.2, 0.25) is 0 Å². The summed E-state index contributed by atoms with van der Waals surface area (Å²) in [5.74, 6) is 0.330. The first-order valence-corrected chi connectivity index (χ1v) is 7.46. The van der Waals surface area contributed by atoms with Crippen LogP contribution < -0.4 is 5.32 Å². The average molecular weight is 219 g/mol. The number of hydrogen-bond donors (Lipinski definition) is 1. The van der Waals surface area contributed by atoms with Gasteiger partial charge < -0.3 is 5.32 Å². The van der Waals surface area contributed by atoms with Gasteiger partial charge in [0.05, 0.1) is 0 Å². The van der Waals surface area contributed by atoms with Crippen LogP contribution in [-0.4, -0.2) is 32.5 Å². The molecule has 1 unspecified atom stereocenters. The van der Waals surface area contributed by atoms with Crippen molar-refractivity contribution in [2.24, 2.45) is 0 Å².